The summed E-state index contributed by atoms with van der Waals surface area (Å²) in [5.74, 6) is -0.635. The fraction of sp³-hybridized carbons (Fsp3) is 0.650. The minimum atomic E-state index is -4.00. The molecule has 2 aliphatic heterocycles. The summed E-state index contributed by atoms with van der Waals surface area (Å²) in [6.45, 7) is 6.69. The van der Waals surface area contributed by atoms with Crippen molar-refractivity contribution in [3.63, 3.8) is 0 Å². The van der Waals surface area contributed by atoms with Crippen LogP contribution in [0, 0.1) is 22.7 Å². The molecule has 0 bridgehead atoms. The van der Waals surface area contributed by atoms with Gasteiger partial charge in [0.2, 0.25) is 0 Å². The zero-order valence-electron chi connectivity index (χ0n) is 19.3. The maximum absolute atomic E-state index is 13.2. The fourth-order valence-electron chi connectivity index (χ4n) is 3.93. The molecular weight excluding hydrogens is 467 g/mol. The van der Waals surface area contributed by atoms with E-state index >= 15 is 0 Å². The number of fused-ring (bicyclic) bond motifs is 2. The van der Waals surface area contributed by atoms with Crippen molar-refractivity contribution in [3.05, 3.63) is 12.7 Å². The highest BCUT2D eigenvalue weighted by molar-refractivity contribution is 7.48. The van der Waals surface area contributed by atoms with Crippen LogP contribution in [-0.4, -0.2) is 57.0 Å². The SMILES string of the molecule is CC(C)OC(=O)[C@@H](C)CCO[P@@]1(=O)OC[C@H]2O[C@@H](n3cnc4c(N)ncnc43)[C@](C)(C#N)[C@@H]2O1. The van der Waals surface area contributed by atoms with E-state index in [2.05, 4.69) is 21.0 Å². The number of carbonyl (C=O) groups is 1. The van der Waals surface area contributed by atoms with E-state index in [1.165, 1.54) is 12.7 Å². The van der Waals surface area contributed by atoms with Crippen LogP contribution >= 0.6 is 7.82 Å². The molecule has 6 atom stereocenters. The van der Waals surface area contributed by atoms with E-state index in [0.29, 0.717) is 11.2 Å². The second kappa shape index (κ2) is 9.20. The lowest BCUT2D eigenvalue weighted by atomic mass is 9.84. The normalized spacial score (nSPS) is 31.8. The molecule has 0 spiro atoms. The Morgan fingerprint density at radius 3 is 2.88 bits per heavy atom. The Hall–Kier alpha value is -2.62. The number of carbonyl (C=O) groups excluding carboxylic acids is 1. The number of hydrogen-bond donors (Lipinski definition) is 1. The number of phosphoric acid groups is 1. The second-order valence-electron chi connectivity index (χ2n) is 8.78. The molecule has 0 saturated carbocycles. The molecule has 2 aliphatic rings. The van der Waals surface area contributed by atoms with Crippen LogP contribution in [0.15, 0.2) is 12.7 Å². The highest BCUT2D eigenvalue weighted by Gasteiger charge is 2.61. The molecule has 2 N–H and O–H groups in total. The smallest absolute Gasteiger partial charge is 0.463 e. The number of nitrogens with two attached hydrogens (primary N) is 1. The number of nitrogens with zero attached hydrogens (tertiary/aromatic N) is 5. The number of ether oxygens (including phenoxy) is 2. The van der Waals surface area contributed by atoms with E-state index in [9.17, 15) is 14.6 Å². The summed E-state index contributed by atoms with van der Waals surface area (Å²) in [5.41, 5.74) is 5.35. The minimum absolute atomic E-state index is 0.0566. The summed E-state index contributed by atoms with van der Waals surface area (Å²) >= 11 is 0. The topological polar surface area (TPSA) is 174 Å². The highest BCUT2D eigenvalue weighted by Crippen LogP contribution is 2.61. The van der Waals surface area contributed by atoms with Crippen molar-refractivity contribution in [3.8, 4) is 6.07 Å². The highest BCUT2D eigenvalue weighted by atomic mass is 31.2. The number of rotatable bonds is 7. The molecule has 184 valence electrons. The van der Waals surface area contributed by atoms with Crippen LogP contribution < -0.4 is 5.73 Å². The Labute approximate surface area is 196 Å². The van der Waals surface area contributed by atoms with E-state index in [1.54, 1.807) is 32.3 Å². The van der Waals surface area contributed by atoms with Gasteiger partial charge in [-0.15, -0.1) is 0 Å². The van der Waals surface area contributed by atoms with Gasteiger partial charge in [0.05, 0.1) is 37.6 Å². The van der Waals surface area contributed by atoms with Gasteiger partial charge in [-0.25, -0.2) is 19.5 Å². The summed E-state index contributed by atoms with van der Waals surface area (Å²) in [6.07, 6.45) is 0.313. The Morgan fingerprint density at radius 2 is 2.18 bits per heavy atom. The number of esters is 1. The van der Waals surface area contributed by atoms with Crippen molar-refractivity contribution in [2.45, 2.75) is 58.7 Å². The zero-order valence-corrected chi connectivity index (χ0v) is 20.2. The van der Waals surface area contributed by atoms with Gasteiger partial charge in [0, 0.05) is 0 Å². The predicted molar refractivity (Wildman–Crippen MR) is 117 cm³/mol. The van der Waals surface area contributed by atoms with E-state index in [1.807, 2.05) is 0 Å². The van der Waals surface area contributed by atoms with Gasteiger partial charge < -0.3 is 15.2 Å². The van der Waals surface area contributed by atoms with Gasteiger partial charge in [0.1, 0.15) is 29.5 Å². The third kappa shape index (κ3) is 4.39. The summed E-state index contributed by atoms with van der Waals surface area (Å²) in [5, 5.41) is 10.1. The van der Waals surface area contributed by atoms with Crippen molar-refractivity contribution in [2.24, 2.45) is 11.3 Å². The molecule has 0 aromatic carbocycles. The van der Waals surface area contributed by atoms with Crippen LogP contribution in [-0.2, 0) is 32.4 Å². The number of imidazole rings is 1. The Morgan fingerprint density at radius 1 is 1.41 bits per heavy atom. The monoisotopic (exact) mass is 494 g/mol. The Bertz CT molecular complexity index is 1170. The molecule has 2 aromatic heterocycles. The van der Waals surface area contributed by atoms with Crippen molar-refractivity contribution in [1.29, 1.82) is 5.26 Å². The fourth-order valence-corrected chi connectivity index (χ4v) is 5.42. The van der Waals surface area contributed by atoms with Gasteiger partial charge in [0.15, 0.2) is 17.7 Å². The number of aromatic nitrogens is 4. The first-order chi connectivity index (χ1) is 16.1. The third-order valence-corrected chi connectivity index (χ3v) is 7.27. The summed E-state index contributed by atoms with van der Waals surface area (Å²) < 4.78 is 42.5. The average molecular weight is 494 g/mol. The molecule has 0 aliphatic carbocycles. The molecular formula is C20H27N6O7P. The van der Waals surface area contributed by atoms with Gasteiger partial charge in [0.25, 0.3) is 0 Å². The van der Waals surface area contributed by atoms with Gasteiger partial charge in [-0.3, -0.25) is 22.9 Å². The lowest BCUT2D eigenvalue weighted by Gasteiger charge is -2.34. The van der Waals surface area contributed by atoms with Crippen LogP contribution in [0.5, 0.6) is 0 Å². The molecule has 34 heavy (non-hydrogen) atoms. The summed E-state index contributed by atoms with van der Waals surface area (Å²) in [7, 11) is -4.00. The molecule has 2 fully saturated rings. The predicted octanol–water partition coefficient (Wildman–Crippen LogP) is 2.35. The van der Waals surface area contributed by atoms with Gasteiger partial charge in [-0.1, -0.05) is 6.92 Å². The van der Waals surface area contributed by atoms with E-state index < -0.39 is 37.6 Å². The quantitative estimate of drug-likeness (QED) is 0.440. The van der Waals surface area contributed by atoms with Crippen LogP contribution in [0.2, 0.25) is 0 Å². The van der Waals surface area contributed by atoms with E-state index in [-0.39, 0.29) is 37.5 Å². The van der Waals surface area contributed by atoms with Crippen molar-refractivity contribution < 1.29 is 32.4 Å². The maximum atomic E-state index is 13.2. The number of hydrogen-bond acceptors (Lipinski definition) is 12. The van der Waals surface area contributed by atoms with Crippen molar-refractivity contribution in [1.82, 2.24) is 19.5 Å². The second-order valence-corrected chi connectivity index (χ2v) is 10.4. The molecule has 4 rings (SSSR count). The largest absolute Gasteiger partial charge is 0.475 e. The summed E-state index contributed by atoms with van der Waals surface area (Å²) in [4.78, 5) is 24.3. The number of anilines is 1. The van der Waals surface area contributed by atoms with Crippen LogP contribution in [0.3, 0.4) is 0 Å². The van der Waals surface area contributed by atoms with Gasteiger partial charge in [-0.2, -0.15) is 5.26 Å². The zero-order chi connectivity index (χ0) is 24.7. The summed E-state index contributed by atoms with van der Waals surface area (Å²) in [6, 6.07) is 2.24. The van der Waals surface area contributed by atoms with Crippen LogP contribution in [0.25, 0.3) is 11.2 Å². The van der Waals surface area contributed by atoms with Crippen molar-refractivity contribution >= 4 is 30.8 Å². The van der Waals surface area contributed by atoms with Gasteiger partial charge in [-0.05, 0) is 27.2 Å². The van der Waals surface area contributed by atoms with E-state index in [4.69, 9.17) is 28.8 Å². The van der Waals surface area contributed by atoms with Crippen LogP contribution in [0.1, 0.15) is 40.3 Å². The van der Waals surface area contributed by atoms with Crippen molar-refractivity contribution in [2.75, 3.05) is 18.9 Å². The Kier molecular flexibility index (Phi) is 6.63. The maximum Gasteiger partial charge on any atom is 0.475 e. The molecule has 13 nitrogen and oxygen atoms in total. The Balaban J connectivity index is 1.48. The number of nitrogen functional groups attached to an aromatic ring is 1. The first kappa shape index (κ1) is 24.5. The standard InChI is InChI=1S/C20H27N6O7P/c1-11(2)31-18(27)12(3)5-6-29-34(28)30-7-13-15(33-34)20(4,8-21)19(32-13)26-10-25-14-16(22)23-9-24-17(14)26/h9-13,15,19H,5-7H2,1-4H3,(H2,22,23,24)/t12-,13+,15+,19+,20+,34-/m0/s1. The third-order valence-electron chi connectivity index (χ3n) is 5.82. The molecule has 2 saturated heterocycles. The molecule has 0 radical (unpaired) electrons. The molecule has 0 unspecified atom stereocenters. The van der Waals surface area contributed by atoms with Gasteiger partial charge >= 0.3 is 13.8 Å². The number of nitriles is 1. The first-order valence-electron chi connectivity index (χ1n) is 10.9. The lowest BCUT2D eigenvalue weighted by molar-refractivity contribution is -0.152. The molecule has 14 heteroatoms. The molecule has 2 aromatic rings. The molecule has 0 amide bonds. The first-order valence-corrected chi connectivity index (χ1v) is 12.3. The minimum Gasteiger partial charge on any atom is -0.463 e. The van der Waals surface area contributed by atoms with E-state index in [0.717, 1.165) is 0 Å². The molecule has 4 heterocycles. The van der Waals surface area contributed by atoms with Crippen LogP contribution in [0.4, 0.5) is 5.82 Å². The average Bonchev–Trinajstić information content (AvgIpc) is 3.33. The number of phosphoric ester groups is 1. The lowest BCUT2D eigenvalue weighted by Crippen LogP contribution is -2.42.